The minimum atomic E-state index is -0.555. The molecule has 0 aromatic heterocycles. The third-order valence-electron chi connectivity index (χ3n) is 3.08. The van der Waals surface area contributed by atoms with Crippen LogP contribution in [-0.4, -0.2) is 26.5 Å². The van der Waals surface area contributed by atoms with Gasteiger partial charge >= 0.3 is 0 Å². The summed E-state index contributed by atoms with van der Waals surface area (Å²) in [5, 5.41) is 17.4. The Morgan fingerprint density at radius 2 is 1.85 bits per heavy atom. The SMILES string of the molecule is NN1C(c2ccccc2)=NN(C(O)=C2C=CC=C2)C1S. The van der Waals surface area contributed by atoms with Crippen LogP contribution in [-0.2, 0) is 0 Å². The molecule has 5 nitrogen and oxygen atoms in total. The van der Waals surface area contributed by atoms with Gasteiger partial charge in [-0.3, -0.25) is 5.01 Å². The number of benzene rings is 1. The van der Waals surface area contributed by atoms with E-state index in [1.54, 1.807) is 12.2 Å². The highest BCUT2D eigenvalue weighted by Gasteiger charge is 2.33. The highest BCUT2D eigenvalue weighted by atomic mass is 32.1. The molecule has 0 fully saturated rings. The van der Waals surface area contributed by atoms with Gasteiger partial charge in [0.05, 0.1) is 0 Å². The summed E-state index contributed by atoms with van der Waals surface area (Å²) in [5.74, 6) is 6.58. The van der Waals surface area contributed by atoms with Crippen LogP contribution in [0.2, 0.25) is 0 Å². The summed E-state index contributed by atoms with van der Waals surface area (Å²) in [7, 11) is 0. The van der Waals surface area contributed by atoms with Crippen molar-refractivity contribution in [3.05, 3.63) is 71.7 Å². The smallest absolute Gasteiger partial charge is 0.217 e. The Balaban J connectivity index is 1.98. The molecule has 1 aromatic rings. The molecule has 0 saturated heterocycles. The summed E-state index contributed by atoms with van der Waals surface area (Å²) in [6, 6.07) is 9.54. The van der Waals surface area contributed by atoms with E-state index in [0.717, 1.165) is 5.56 Å². The summed E-state index contributed by atoms with van der Waals surface area (Å²) in [6.07, 6.45) is 7.29. The lowest BCUT2D eigenvalue weighted by Gasteiger charge is -2.23. The number of hydrazine groups is 1. The molecule has 1 aromatic carbocycles. The van der Waals surface area contributed by atoms with E-state index in [-0.39, 0.29) is 5.88 Å². The summed E-state index contributed by atoms with van der Waals surface area (Å²) in [4.78, 5) is 0. The molecule has 102 valence electrons. The Morgan fingerprint density at radius 1 is 1.20 bits per heavy atom. The molecule has 3 N–H and O–H groups in total. The first kappa shape index (κ1) is 12.8. The molecule has 20 heavy (non-hydrogen) atoms. The number of hydrogen-bond donors (Lipinski definition) is 3. The van der Waals surface area contributed by atoms with Crippen molar-refractivity contribution in [1.82, 2.24) is 10.0 Å². The zero-order chi connectivity index (χ0) is 14.1. The number of amidine groups is 1. The molecule has 0 bridgehead atoms. The number of aliphatic hydroxyl groups is 1. The average molecular weight is 286 g/mol. The second kappa shape index (κ2) is 5.07. The Hall–Kier alpha value is -2.18. The van der Waals surface area contributed by atoms with Crippen LogP contribution in [0.5, 0.6) is 0 Å². The molecule has 0 saturated carbocycles. The third-order valence-corrected chi connectivity index (χ3v) is 3.55. The topological polar surface area (TPSA) is 65.1 Å². The van der Waals surface area contributed by atoms with Crippen molar-refractivity contribution in [3.8, 4) is 0 Å². The number of nitrogens with zero attached hydrogens (tertiary/aromatic N) is 3. The Morgan fingerprint density at radius 3 is 2.50 bits per heavy atom. The van der Waals surface area contributed by atoms with E-state index in [1.807, 2.05) is 42.5 Å². The van der Waals surface area contributed by atoms with Gasteiger partial charge in [0.1, 0.15) is 0 Å². The third kappa shape index (κ3) is 2.09. The first-order chi connectivity index (χ1) is 9.68. The van der Waals surface area contributed by atoms with Crippen LogP contribution >= 0.6 is 12.6 Å². The minimum absolute atomic E-state index is 0.0244. The van der Waals surface area contributed by atoms with Gasteiger partial charge in [0.2, 0.25) is 5.88 Å². The van der Waals surface area contributed by atoms with Gasteiger partial charge < -0.3 is 5.11 Å². The molecule has 0 amide bonds. The van der Waals surface area contributed by atoms with Gasteiger partial charge in [0.25, 0.3) is 0 Å². The summed E-state index contributed by atoms with van der Waals surface area (Å²) < 4.78 is 0. The van der Waals surface area contributed by atoms with E-state index >= 15 is 0 Å². The van der Waals surface area contributed by atoms with Crippen molar-refractivity contribution in [2.75, 3.05) is 0 Å². The van der Waals surface area contributed by atoms with Gasteiger partial charge in [0, 0.05) is 11.1 Å². The number of hydrazone groups is 1. The molecular weight excluding hydrogens is 272 g/mol. The fourth-order valence-corrected chi connectivity index (χ4v) is 2.31. The monoisotopic (exact) mass is 286 g/mol. The molecule has 0 radical (unpaired) electrons. The van der Waals surface area contributed by atoms with E-state index in [4.69, 9.17) is 5.84 Å². The zero-order valence-electron chi connectivity index (χ0n) is 10.6. The van der Waals surface area contributed by atoms with Crippen molar-refractivity contribution in [1.29, 1.82) is 0 Å². The second-order valence-electron chi connectivity index (χ2n) is 4.39. The van der Waals surface area contributed by atoms with E-state index in [2.05, 4.69) is 17.7 Å². The van der Waals surface area contributed by atoms with Gasteiger partial charge in [-0.15, -0.1) is 17.7 Å². The Kier molecular flexibility index (Phi) is 3.25. The fraction of sp³-hybridized carbons (Fsp3) is 0.0714. The highest BCUT2D eigenvalue weighted by molar-refractivity contribution is 7.80. The van der Waals surface area contributed by atoms with Crippen LogP contribution < -0.4 is 5.84 Å². The minimum Gasteiger partial charge on any atom is -0.493 e. The Bertz CT molecular complexity index is 622. The van der Waals surface area contributed by atoms with Crippen molar-refractivity contribution in [2.45, 2.75) is 5.50 Å². The first-order valence-electron chi connectivity index (χ1n) is 6.12. The lowest BCUT2D eigenvalue weighted by molar-refractivity contribution is 0.161. The van der Waals surface area contributed by atoms with Gasteiger partial charge in [-0.25, -0.2) is 5.84 Å². The molecule has 1 unspecified atom stereocenters. The van der Waals surface area contributed by atoms with E-state index in [1.165, 1.54) is 10.0 Å². The number of aliphatic hydroxyl groups excluding tert-OH is 1. The van der Waals surface area contributed by atoms with Crippen LogP contribution in [0.25, 0.3) is 0 Å². The van der Waals surface area contributed by atoms with Gasteiger partial charge in [-0.1, -0.05) is 42.5 Å². The first-order valence-corrected chi connectivity index (χ1v) is 6.63. The molecule has 0 spiro atoms. The maximum absolute atomic E-state index is 10.3. The normalized spacial score (nSPS) is 20.8. The van der Waals surface area contributed by atoms with Crippen molar-refractivity contribution in [2.24, 2.45) is 10.9 Å². The standard InChI is InChI=1S/C14H14N4OS/c15-17-12(10-6-2-1-3-7-10)16-18(14(17)20)13(19)11-8-4-5-9-11/h1-9,14,19-20H,15H2. The quantitative estimate of drug-likeness (QED) is 0.442. The Labute approximate surface area is 122 Å². The van der Waals surface area contributed by atoms with E-state index in [9.17, 15) is 5.11 Å². The van der Waals surface area contributed by atoms with Crippen molar-refractivity contribution in [3.63, 3.8) is 0 Å². The number of hydrogen-bond acceptors (Lipinski definition) is 6. The van der Waals surface area contributed by atoms with E-state index in [0.29, 0.717) is 11.4 Å². The molecule has 2 aliphatic rings. The zero-order valence-corrected chi connectivity index (χ0v) is 11.5. The summed E-state index contributed by atoms with van der Waals surface area (Å²) in [6.45, 7) is 0. The van der Waals surface area contributed by atoms with Crippen molar-refractivity contribution < 1.29 is 5.11 Å². The van der Waals surface area contributed by atoms with Gasteiger partial charge in [0.15, 0.2) is 11.3 Å². The molecule has 1 heterocycles. The van der Waals surface area contributed by atoms with Gasteiger partial charge in [-0.05, 0) is 12.2 Å². The molecule has 1 atom stereocenters. The summed E-state index contributed by atoms with van der Waals surface area (Å²) in [5.41, 5.74) is 0.988. The number of allylic oxidation sites excluding steroid dienone is 5. The van der Waals surface area contributed by atoms with Crippen LogP contribution in [0.15, 0.2) is 71.2 Å². The van der Waals surface area contributed by atoms with Crippen LogP contribution in [0, 0.1) is 0 Å². The molecular formula is C14H14N4OS. The van der Waals surface area contributed by atoms with E-state index < -0.39 is 5.50 Å². The maximum Gasteiger partial charge on any atom is 0.217 e. The average Bonchev–Trinajstić information content (AvgIpc) is 3.10. The fourth-order valence-electron chi connectivity index (χ4n) is 2.04. The lowest BCUT2D eigenvalue weighted by Crippen LogP contribution is -2.43. The largest absolute Gasteiger partial charge is 0.493 e. The second-order valence-corrected chi connectivity index (χ2v) is 4.85. The number of nitrogens with two attached hydrogens (primary N) is 1. The number of rotatable bonds is 2. The lowest BCUT2D eigenvalue weighted by atomic mass is 10.2. The summed E-state index contributed by atoms with van der Waals surface area (Å²) >= 11 is 4.39. The molecule has 1 aliphatic carbocycles. The molecule has 3 rings (SSSR count). The number of thiol groups is 1. The highest BCUT2D eigenvalue weighted by Crippen LogP contribution is 2.26. The van der Waals surface area contributed by atoms with Crippen LogP contribution in [0.1, 0.15) is 5.56 Å². The van der Waals surface area contributed by atoms with Crippen LogP contribution in [0.3, 0.4) is 0 Å². The van der Waals surface area contributed by atoms with Crippen molar-refractivity contribution >= 4 is 18.5 Å². The predicted octanol–water partition coefficient (Wildman–Crippen LogP) is 1.95. The molecule has 1 aliphatic heterocycles. The molecule has 6 heteroatoms. The van der Waals surface area contributed by atoms with Gasteiger partial charge in [-0.2, -0.15) is 5.01 Å². The maximum atomic E-state index is 10.3. The van der Waals surface area contributed by atoms with Crippen LogP contribution in [0.4, 0.5) is 0 Å². The predicted molar refractivity (Wildman–Crippen MR) is 81.6 cm³/mol.